The van der Waals surface area contributed by atoms with E-state index in [0.717, 1.165) is 17.9 Å². The first-order chi connectivity index (χ1) is 9.21. The molecule has 1 amide bonds. The minimum Gasteiger partial charge on any atom is -0.491 e. The van der Waals surface area contributed by atoms with Crippen LogP contribution in [0.2, 0.25) is 0 Å². The molecular weight excluding hydrogens is 244 g/mol. The standard InChI is InChI=1S/C14H18N2O3/c15-14(6-9-18-10-14)13(17)16-7-3-8-19-12-5-2-1-4-11(12)16/h1-2,4-5H,3,6-10,15H2. The number of hydrogen-bond donors (Lipinski definition) is 1. The summed E-state index contributed by atoms with van der Waals surface area (Å²) >= 11 is 0. The van der Waals surface area contributed by atoms with Gasteiger partial charge < -0.3 is 20.1 Å². The number of carbonyl (C=O) groups is 1. The second-order valence-electron chi connectivity index (χ2n) is 5.09. The van der Waals surface area contributed by atoms with E-state index >= 15 is 0 Å². The number of rotatable bonds is 1. The number of para-hydroxylation sites is 2. The monoisotopic (exact) mass is 262 g/mol. The number of nitrogens with two attached hydrogens (primary N) is 1. The van der Waals surface area contributed by atoms with E-state index in [4.69, 9.17) is 15.2 Å². The lowest BCUT2D eigenvalue weighted by atomic mass is 9.97. The first-order valence-corrected chi connectivity index (χ1v) is 6.61. The Morgan fingerprint density at radius 3 is 2.95 bits per heavy atom. The molecule has 2 N–H and O–H groups in total. The van der Waals surface area contributed by atoms with Gasteiger partial charge in [0.25, 0.3) is 0 Å². The van der Waals surface area contributed by atoms with Crippen LogP contribution in [0.3, 0.4) is 0 Å². The second kappa shape index (κ2) is 4.83. The van der Waals surface area contributed by atoms with Crippen LogP contribution in [0.5, 0.6) is 5.75 Å². The van der Waals surface area contributed by atoms with E-state index in [9.17, 15) is 4.79 Å². The van der Waals surface area contributed by atoms with Gasteiger partial charge in [-0.05, 0) is 25.0 Å². The lowest BCUT2D eigenvalue weighted by molar-refractivity contribution is -0.123. The maximum absolute atomic E-state index is 12.7. The molecule has 1 aromatic carbocycles. The van der Waals surface area contributed by atoms with Crippen molar-refractivity contribution in [2.45, 2.75) is 18.4 Å². The van der Waals surface area contributed by atoms with E-state index in [1.807, 2.05) is 24.3 Å². The second-order valence-corrected chi connectivity index (χ2v) is 5.09. The van der Waals surface area contributed by atoms with E-state index in [-0.39, 0.29) is 5.91 Å². The molecule has 5 heteroatoms. The van der Waals surface area contributed by atoms with Gasteiger partial charge in [0.2, 0.25) is 5.91 Å². The van der Waals surface area contributed by atoms with Gasteiger partial charge in [-0.1, -0.05) is 12.1 Å². The number of amides is 1. The fraction of sp³-hybridized carbons (Fsp3) is 0.500. The summed E-state index contributed by atoms with van der Waals surface area (Å²) in [5.74, 6) is 0.679. The normalized spacial score (nSPS) is 26.5. The minimum atomic E-state index is -0.891. The number of benzene rings is 1. The van der Waals surface area contributed by atoms with E-state index in [0.29, 0.717) is 32.8 Å². The van der Waals surface area contributed by atoms with E-state index in [1.54, 1.807) is 4.90 Å². The fourth-order valence-corrected chi connectivity index (χ4v) is 2.56. The zero-order chi connectivity index (χ0) is 13.3. The van der Waals surface area contributed by atoms with Crippen LogP contribution in [-0.2, 0) is 9.53 Å². The lowest BCUT2D eigenvalue weighted by Crippen LogP contribution is -2.56. The number of hydrogen-bond acceptors (Lipinski definition) is 4. The Bertz CT molecular complexity index is 483. The molecule has 2 aliphatic heterocycles. The molecule has 1 atom stereocenters. The molecule has 2 aliphatic rings. The van der Waals surface area contributed by atoms with Crippen LogP contribution < -0.4 is 15.4 Å². The maximum Gasteiger partial charge on any atom is 0.249 e. The third-order valence-electron chi connectivity index (χ3n) is 3.66. The Hall–Kier alpha value is -1.59. The summed E-state index contributed by atoms with van der Waals surface area (Å²) in [5.41, 5.74) is 6.10. The Morgan fingerprint density at radius 1 is 1.32 bits per heavy atom. The smallest absolute Gasteiger partial charge is 0.249 e. The van der Waals surface area contributed by atoms with Crippen molar-refractivity contribution >= 4 is 11.6 Å². The summed E-state index contributed by atoms with van der Waals surface area (Å²) < 4.78 is 10.9. The number of ether oxygens (including phenoxy) is 2. The van der Waals surface area contributed by atoms with Gasteiger partial charge in [-0.2, -0.15) is 0 Å². The van der Waals surface area contributed by atoms with Gasteiger partial charge in [-0.3, -0.25) is 4.79 Å². The van der Waals surface area contributed by atoms with E-state index in [1.165, 1.54) is 0 Å². The summed E-state index contributed by atoms with van der Waals surface area (Å²) in [7, 11) is 0. The fourth-order valence-electron chi connectivity index (χ4n) is 2.56. The van der Waals surface area contributed by atoms with E-state index < -0.39 is 5.54 Å². The molecule has 0 aromatic heterocycles. The molecule has 3 rings (SSSR count). The highest BCUT2D eigenvalue weighted by atomic mass is 16.5. The molecule has 0 saturated carbocycles. The van der Waals surface area contributed by atoms with Crippen LogP contribution >= 0.6 is 0 Å². The van der Waals surface area contributed by atoms with Crippen molar-refractivity contribution in [1.29, 1.82) is 0 Å². The van der Waals surface area contributed by atoms with Gasteiger partial charge in [-0.15, -0.1) is 0 Å². The molecule has 1 fully saturated rings. The number of fused-ring (bicyclic) bond motifs is 1. The largest absolute Gasteiger partial charge is 0.491 e. The van der Waals surface area contributed by atoms with Crippen LogP contribution in [0.4, 0.5) is 5.69 Å². The van der Waals surface area contributed by atoms with Crippen LogP contribution in [0.15, 0.2) is 24.3 Å². The molecule has 0 aliphatic carbocycles. The summed E-state index contributed by atoms with van der Waals surface area (Å²) in [6.45, 7) is 2.10. The van der Waals surface area contributed by atoms with Gasteiger partial charge in [0.05, 0.1) is 18.9 Å². The van der Waals surface area contributed by atoms with Gasteiger partial charge in [0.15, 0.2) is 0 Å². The first-order valence-electron chi connectivity index (χ1n) is 6.61. The Kier molecular flexibility index (Phi) is 3.16. The Morgan fingerprint density at radius 2 is 2.16 bits per heavy atom. The summed E-state index contributed by atoms with van der Waals surface area (Å²) in [6, 6.07) is 7.60. The third-order valence-corrected chi connectivity index (χ3v) is 3.66. The molecule has 19 heavy (non-hydrogen) atoms. The molecule has 5 nitrogen and oxygen atoms in total. The van der Waals surface area contributed by atoms with Gasteiger partial charge in [-0.25, -0.2) is 0 Å². The summed E-state index contributed by atoms with van der Waals surface area (Å²) in [5, 5.41) is 0. The van der Waals surface area contributed by atoms with E-state index in [2.05, 4.69) is 0 Å². The number of nitrogens with zero attached hydrogens (tertiary/aromatic N) is 1. The molecule has 1 saturated heterocycles. The van der Waals surface area contributed by atoms with Gasteiger partial charge in [0, 0.05) is 13.2 Å². The number of carbonyl (C=O) groups excluding carboxylic acids is 1. The van der Waals surface area contributed by atoms with Crippen molar-refractivity contribution in [3.63, 3.8) is 0 Å². The molecule has 1 unspecified atom stereocenters. The zero-order valence-electron chi connectivity index (χ0n) is 10.8. The van der Waals surface area contributed by atoms with Crippen molar-refractivity contribution < 1.29 is 14.3 Å². The van der Waals surface area contributed by atoms with Crippen molar-refractivity contribution in [3.8, 4) is 5.75 Å². The SMILES string of the molecule is NC1(C(=O)N2CCCOc3ccccc32)CCOC1. The van der Waals surface area contributed by atoms with Crippen LogP contribution in [0.1, 0.15) is 12.8 Å². The topological polar surface area (TPSA) is 64.8 Å². The molecule has 0 spiro atoms. The van der Waals surface area contributed by atoms with Crippen molar-refractivity contribution in [2.75, 3.05) is 31.3 Å². The van der Waals surface area contributed by atoms with Crippen LogP contribution in [0.25, 0.3) is 0 Å². The first kappa shape index (κ1) is 12.4. The molecule has 0 radical (unpaired) electrons. The minimum absolute atomic E-state index is 0.0667. The quantitative estimate of drug-likeness (QED) is 0.817. The maximum atomic E-state index is 12.7. The molecule has 1 aromatic rings. The third kappa shape index (κ3) is 2.19. The average Bonchev–Trinajstić information content (AvgIpc) is 2.76. The highest BCUT2D eigenvalue weighted by molar-refractivity contribution is 6.01. The van der Waals surface area contributed by atoms with Crippen molar-refractivity contribution in [3.05, 3.63) is 24.3 Å². The average molecular weight is 262 g/mol. The number of anilines is 1. The van der Waals surface area contributed by atoms with Gasteiger partial charge >= 0.3 is 0 Å². The predicted octanol–water partition coefficient (Wildman–Crippen LogP) is 0.920. The predicted molar refractivity (Wildman–Crippen MR) is 71.3 cm³/mol. The van der Waals surface area contributed by atoms with Crippen molar-refractivity contribution in [2.24, 2.45) is 5.73 Å². The Balaban J connectivity index is 1.94. The summed E-state index contributed by atoms with van der Waals surface area (Å²) in [4.78, 5) is 14.5. The molecular formula is C14H18N2O3. The highest BCUT2D eigenvalue weighted by Crippen LogP contribution is 2.32. The molecule has 0 bridgehead atoms. The van der Waals surface area contributed by atoms with Crippen LogP contribution in [0, 0.1) is 0 Å². The zero-order valence-corrected chi connectivity index (χ0v) is 10.8. The molecule has 2 heterocycles. The van der Waals surface area contributed by atoms with Crippen LogP contribution in [-0.4, -0.2) is 37.8 Å². The lowest BCUT2D eigenvalue weighted by Gasteiger charge is -2.30. The molecule has 102 valence electrons. The summed E-state index contributed by atoms with van der Waals surface area (Å²) in [6.07, 6.45) is 1.38. The Labute approximate surface area is 112 Å². The van der Waals surface area contributed by atoms with Crippen molar-refractivity contribution in [1.82, 2.24) is 0 Å². The highest BCUT2D eigenvalue weighted by Gasteiger charge is 2.42. The van der Waals surface area contributed by atoms with Gasteiger partial charge in [0.1, 0.15) is 11.3 Å².